The summed E-state index contributed by atoms with van der Waals surface area (Å²) in [5.74, 6) is -0.0679. The summed E-state index contributed by atoms with van der Waals surface area (Å²) in [6, 6.07) is 14.2. The Morgan fingerprint density at radius 3 is 2.45 bits per heavy atom. The van der Waals surface area contributed by atoms with Gasteiger partial charge < -0.3 is 10.6 Å². The lowest BCUT2D eigenvalue weighted by Gasteiger charge is -2.08. The molecule has 2 N–H and O–H groups in total. The van der Waals surface area contributed by atoms with Crippen LogP contribution in [0.4, 0.5) is 11.4 Å². The minimum Gasteiger partial charge on any atom is -0.385 e. The van der Waals surface area contributed by atoms with Gasteiger partial charge in [-0.25, -0.2) is 0 Å². The molecule has 0 fully saturated rings. The summed E-state index contributed by atoms with van der Waals surface area (Å²) >= 11 is 5.79. The highest BCUT2D eigenvalue weighted by Crippen LogP contribution is 2.14. The van der Waals surface area contributed by atoms with Crippen molar-refractivity contribution in [2.45, 2.75) is 13.3 Å². The van der Waals surface area contributed by atoms with Gasteiger partial charge in [-0.05, 0) is 43.3 Å². The molecule has 0 bridgehead atoms. The number of rotatable bonds is 6. The van der Waals surface area contributed by atoms with E-state index in [1.165, 1.54) is 6.92 Å². The first-order valence-corrected chi connectivity index (χ1v) is 7.33. The van der Waals surface area contributed by atoms with Gasteiger partial charge in [0.05, 0.1) is 0 Å². The molecule has 0 atom stereocenters. The van der Waals surface area contributed by atoms with E-state index in [9.17, 15) is 9.59 Å². The van der Waals surface area contributed by atoms with E-state index in [1.807, 2.05) is 12.1 Å². The molecule has 0 saturated carbocycles. The molecule has 4 nitrogen and oxygen atoms in total. The molecule has 0 aliphatic carbocycles. The minimum absolute atomic E-state index is 0.0177. The molecule has 0 spiro atoms. The first-order chi connectivity index (χ1) is 10.5. The molecule has 0 unspecified atom stereocenters. The highest BCUT2D eigenvalue weighted by atomic mass is 35.5. The standard InChI is InChI=1S/C17H17ClN2O2/c1-12(21)13-3-2-4-16(11-13)19-10-9-17(22)20-15-7-5-14(18)6-8-15/h2-8,11,19H,9-10H2,1H3,(H,20,22). The molecule has 0 aliphatic rings. The molecule has 114 valence electrons. The van der Waals surface area contributed by atoms with E-state index >= 15 is 0 Å². The van der Waals surface area contributed by atoms with Crippen LogP contribution in [0, 0.1) is 0 Å². The van der Waals surface area contributed by atoms with E-state index in [2.05, 4.69) is 10.6 Å². The first-order valence-electron chi connectivity index (χ1n) is 6.95. The monoisotopic (exact) mass is 316 g/mol. The molecule has 5 heteroatoms. The van der Waals surface area contributed by atoms with E-state index in [0.717, 1.165) is 5.69 Å². The Morgan fingerprint density at radius 2 is 1.77 bits per heavy atom. The average Bonchev–Trinajstić information content (AvgIpc) is 2.50. The fraction of sp³-hybridized carbons (Fsp3) is 0.176. The van der Waals surface area contributed by atoms with E-state index < -0.39 is 0 Å². The van der Waals surface area contributed by atoms with Gasteiger partial charge in [-0.1, -0.05) is 23.7 Å². The zero-order valence-corrected chi connectivity index (χ0v) is 13.0. The molecule has 22 heavy (non-hydrogen) atoms. The number of carbonyl (C=O) groups is 2. The Labute approximate surface area is 134 Å². The van der Waals surface area contributed by atoms with E-state index in [0.29, 0.717) is 29.2 Å². The van der Waals surface area contributed by atoms with Crippen molar-refractivity contribution < 1.29 is 9.59 Å². The third kappa shape index (κ3) is 4.90. The predicted molar refractivity (Wildman–Crippen MR) is 89.6 cm³/mol. The summed E-state index contributed by atoms with van der Waals surface area (Å²) in [4.78, 5) is 23.1. The van der Waals surface area contributed by atoms with Crippen LogP contribution >= 0.6 is 11.6 Å². The van der Waals surface area contributed by atoms with Gasteiger partial charge in [0.15, 0.2) is 5.78 Å². The van der Waals surface area contributed by atoms with Crippen molar-refractivity contribution in [3.8, 4) is 0 Å². The molecule has 2 rings (SSSR count). The number of nitrogens with one attached hydrogen (secondary N) is 2. The highest BCUT2D eigenvalue weighted by Gasteiger charge is 2.03. The normalized spacial score (nSPS) is 10.1. The smallest absolute Gasteiger partial charge is 0.226 e. The topological polar surface area (TPSA) is 58.2 Å². The molecule has 0 radical (unpaired) electrons. The summed E-state index contributed by atoms with van der Waals surface area (Å²) in [5.41, 5.74) is 2.19. The van der Waals surface area contributed by atoms with Gasteiger partial charge in [-0.2, -0.15) is 0 Å². The zero-order chi connectivity index (χ0) is 15.9. The number of amides is 1. The molecular weight excluding hydrogens is 300 g/mol. The first kappa shape index (κ1) is 16.0. The van der Waals surface area contributed by atoms with Gasteiger partial charge in [0, 0.05) is 34.9 Å². The Morgan fingerprint density at radius 1 is 1.05 bits per heavy atom. The maximum atomic E-state index is 11.8. The number of benzene rings is 2. The molecular formula is C17H17ClN2O2. The largest absolute Gasteiger partial charge is 0.385 e. The number of hydrogen-bond acceptors (Lipinski definition) is 3. The van der Waals surface area contributed by atoms with E-state index in [4.69, 9.17) is 11.6 Å². The Bertz CT molecular complexity index is 669. The van der Waals surface area contributed by atoms with Crippen LogP contribution in [-0.4, -0.2) is 18.2 Å². The maximum Gasteiger partial charge on any atom is 0.226 e. The Balaban J connectivity index is 1.80. The summed E-state index contributed by atoms with van der Waals surface area (Å²) < 4.78 is 0. The van der Waals surface area contributed by atoms with Gasteiger partial charge in [0.1, 0.15) is 0 Å². The summed E-state index contributed by atoms with van der Waals surface area (Å²) in [6.07, 6.45) is 0.326. The molecule has 0 aliphatic heterocycles. The highest BCUT2D eigenvalue weighted by molar-refractivity contribution is 6.30. The molecule has 2 aromatic rings. The maximum absolute atomic E-state index is 11.8. The molecule has 0 saturated heterocycles. The van der Waals surface area contributed by atoms with Crippen LogP contribution in [0.15, 0.2) is 48.5 Å². The van der Waals surface area contributed by atoms with Crippen molar-refractivity contribution in [3.63, 3.8) is 0 Å². The lowest BCUT2D eigenvalue weighted by atomic mass is 10.1. The predicted octanol–water partition coefficient (Wildman–Crippen LogP) is 3.98. The quantitative estimate of drug-likeness (QED) is 0.792. The van der Waals surface area contributed by atoms with Crippen LogP contribution in [0.5, 0.6) is 0 Å². The SMILES string of the molecule is CC(=O)c1cccc(NCCC(=O)Nc2ccc(Cl)cc2)c1. The summed E-state index contributed by atoms with van der Waals surface area (Å²) in [5, 5.41) is 6.55. The van der Waals surface area contributed by atoms with Crippen LogP contribution in [-0.2, 0) is 4.79 Å². The van der Waals surface area contributed by atoms with Gasteiger partial charge >= 0.3 is 0 Å². The lowest BCUT2D eigenvalue weighted by Crippen LogP contribution is -2.16. The van der Waals surface area contributed by atoms with Crippen molar-refractivity contribution in [1.82, 2.24) is 0 Å². The van der Waals surface area contributed by atoms with Gasteiger partial charge in [-0.3, -0.25) is 9.59 Å². The second kappa shape index (κ2) is 7.61. The Kier molecular flexibility index (Phi) is 5.55. The van der Waals surface area contributed by atoms with E-state index in [1.54, 1.807) is 36.4 Å². The number of Topliss-reactive ketones (excluding diaryl/α,β-unsaturated/α-hetero) is 1. The van der Waals surface area contributed by atoms with Crippen LogP contribution in [0.3, 0.4) is 0 Å². The van der Waals surface area contributed by atoms with Crippen molar-refractivity contribution in [1.29, 1.82) is 0 Å². The number of carbonyl (C=O) groups excluding carboxylic acids is 2. The molecule has 1 amide bonds. The van der Waals surface area contributed by atoms with Gasteiger partial charge in [0.25, 0.3) is 0 Å². The Hall–Kier alpha value is -2.33. The molecule has 0 heterocycles. The zero-order valence-electron chi connectivity index (χ0n) is 12.2. The average molecular weight is 317 g/mol. The third-order valence-corrected chi connectivity index (χ3v) is 3.33. The van der Waals surface area contributed by atoms with Crippen molar-refractivity contribution in [2.24, 2.45) is 0 Å². The van der Waals surface area contributed by atoms with Crippen LogP contribution < -0.4 is 10.6 Å². The van der Waals surface area contributed by atoms with Crippen LogP contribution in [0.1, 0.15) is 23.7 Å². The number of ketones is 1. The fourth-order valence-electron chi connectivity index (χ4n) is 1.93. The van der Waals surface area contributed by atoms with Gasteiger partial charge in [0.2, 0.25) is 5.91 Å². The number of hydrogen-bond donors (Lipinski definition) is 2. The third-order valence-electron chi connectivity index (χ3n) is 3.08. The summed E-state index contributed by atoms with van der Waals surface area (Å²) in [7, 11) is 0. The number of anilines is 2. The fourth-order valence-corrected chi connectivity index (χ4v) is 2.05. The van der Waals surface area contributed by atoms with Crippen molar-refractivity contribution in [3.05, 3.63) is 59.1 Å². The van der Waals surface area contributed by atoms with E-state index in [-0.39, 0.29) is 11.7 Å². The van der Waals surface area contributed by atoms with Gasteiger partial charge in [-0.15, -0.1) is 0 Å². The lowest BCUT2D eigenvalue weighted by molar-refractivity contribution is -0.115. The van der Waals surface area contributed by atoms with Crippen LogP contribution in [0.2, 0.25) is 5.02 Å². The minimum atomic E-state index is -0.0856. The summed E-state index contributed by atoms with van der Waals surface area (Å²) in [6.45, 7) is 2.01. The van der Waals surface area contributed by atoms with Crippen molar-refractivity contribution in [2.75, 3.05) is 17.2 Å². The van der Waals surface area contributed by atoms with Crippen LogP contribution in [0.25, 0.3) is 0 Å². The molecule has 0 aromatic heterocycles. The molecule has 2 aromatic carbocycles. The van der Waals surface area contributed by atoms with Crippen molar-refractivity contribution >= 4 is 34.7 Å². The number of halogens is 1. The second-order valence-corrected chi connectivity index (χ2v) is 5.31. The second-order valence-electron chi connectivity index (χ2n) is 4.87.